The molecule has 1 aromatic rings. The van der Waals surface area contributed by atoms with E-state index >= 15 is 0 Å². The summed E-state index contributed by atoms with van der Waals surface area (Å²) in [7, 11) is -3.64. The molecule has 0 radical (unpaired) electrons. The Morgan fingerprint density at radius 1 is 1.23 bits per heavy atom. The fraction of sp³-hybridized carbons (Fsp3) is 0.619. The van der Waals surface area contributed by atoms with Crippen LogP contribution in [0.25, 0.3) is 0 Å². The third-order valence-corrected chi connectivity index (χ3v) is 8.57. The van der Waals surface area contributed by atoms with E-state index in [9.17, 15) is 18.0 Å². The number of fused-ring (bicyclic) bond motifs is 1. The van der Waals surface area contributed by atoms with Crippen molar-refractivity contribution in [2.24, 2.45) is 0 Å². The van der Waals surface area contributed by atoms with Crippen LogP contribution in [0.4, 0.5) is 5.69 Å². The Labute approximate surface area is 188 Å². The molecule has 172 valence electrons. The lowest BCUT2D eigenvalue weighted by Crippen LogP contribution is -2.47. The monoisotopic (exact) mass is 469 g/mol. The van der Waals surface area contributed by atoms with Crippen molar-refractivity contribution in [2.45, 2.75) is 44.0 Å². The highest BCUT2D eigenvalue weighted by molar-refractivity contribution is 7.99. The smallest absolute Gasteiger partial charge is 0.243 e. The number of morpholine rings is 1. The Hall–Kier alpha value is -1.62. The summed E-state index contributed by atoms with van der Waals surface area (Å²) < 4.78 is 32.6. The minimum absolute atomic E-state index is 0.186. The van der Waals surface area contributed by atoms with Crippen LogP contribution in [0.2, 0.25) is 0 Å². The highest BCUT2D eigenvalue weighted by Crippen LogP contribution is 2.35. The third kappa shape index (κ3) is 5.60. The maximum Gasteiger partial charge on any atom is 0.243 e. The molecule has 0 bridgehead atoms. The molecule has 2 aliphatic rings. The standard InChI is InChI=1S/C21H31N3O5S2/c1-3-12-30-13-4-7-22-21(26)20-15-17-14-18(5-6-19(17)24(20)16(2)25)31(27,28)23-8-10-29-11-9-23/h5-6,14,20H,3-4,7-13,15H2,1-2H3,(H,22,26)/t20-/m1/s1. The summed E-state index contributed by atoms with van der Waals surface area (Å²) in [5.74, 6) is 1.66. The summed E-state index contributed by atoms with van der Waals surface area (Å²) in [5.41, 5.74) is 1.30. The number of ether oxygens (including phenoxy) is 1. The van der Waals surface area contributed by atoms with E-state index in [1.54, 1.807) is 12.1 Å². The van der Waals surface area contributed by atoms with Gasteiger partial charge in [0.2, 0.25) is 21.8 Å². The van der Waals surface area contributed by atoms with Crippen LogP contribution in [0.3, 0.4) is 0 Å². The van der Waals surface area contributed by atoms with Crippen LogP contribution in [0, 0.1) is 0 Å². The summed E-state index contributed by atoms with van der Waals surface area (Å²) in [6.45, 7) is 5.52. The van der Waals surface area contributed by atoms with Crippen molar-refractivity contribution in [3.8, 4) is 0 Å². The molecular formula is C21H31N3O5S2. The number of benzene rings is 1. The van der Waals surface area contributed by atoms with E-state index in [0.29, 0.717) is 50.5 Å². The van der Waals surface area contributed by atoms with Gasteiger partial charge < -0.3 is 10.1 Å². The van der Waals surface area contributed by atoms with E-state index in [0.717, 1.165) is 24.3 Å². The normalized spacial score (nSPS) is 19.3. The number of sulfonamides is 1. The zero-order valence-corrected chi connectivity index (χ0v) is 19.8. The van der Waals surface area contributed by atoms with E-state index in [2.05, 4.69) is 12.2 Å². The van der Waals surface area contributed by atoms with Gasteiger partial charge >= 0.3 is 0 Å². The van der Waals surface area contributed by atoms with Crippen molar-refractivity contribution in [1.82, 2.24) is 9.62 Å². The zero-order valence-electron chi connectivity index (χ0n) is 18.1. The average molecular weight is 470 g/mol. The second-order valence-corrected chi connectivity index (χ2v) is 10.8. The number of nitrogens with one attached hydrogen (secondary N) is 1. The number of rotatable bonds is 9. The maximum absolute atomic E-state index is 13.0. The van der Waals surface area contributed by atoms with Crippen LogP contribution in [0.15, 0.2) is 23.1 Å². The van der Waals surface area contributed by atoms with Gasteiger partial charge in [0.25, 0.3) is 0 Å². The molecule has 3 rings (SSSR count). The molecule has 1 saturated heterocycles. The molecular weight excluding hydrogens is 438 g/mol. The molecule has 31 heavy (non-hydrogen) atoms. The second-order valence-electron chi connectivity index (χ2n) is 7.67. The molecule has 1 atom stereocenters. The number of anilines is 1. The molecule has 1 fully saturated rings. The highest BCUT2D eigenvalue weighted by atomic mass is 32.2. The molecule has 8 nitrogen and oxygen atoms in total. The molecule has 0 aromatic heterocycles. The van der Waals surface area contributed by atoms with Crippen LogP contribution in [0.5, 0.6) is 0 Å². The van der Waals surface area contributed by atoms with E-state index in [1.165, 1.54) is 22.2 Å². The number of carbonyl (C=O) groups is 2. The van der Waals surface area contributed by atoms with Crippen LogP contribution in [-0.2, 0) is 30.8 Å². The quantitative estimate of drug-likeness (QED) is 0.553. The fourth-order valence-corrected chi connectivity index (χ4v) is 6.17. The molecule has 0 aliphatic carbocycles. The lowest BCUT2D eigenvalue weighted by molar-refractivity contribution is -0.125. The molecule has 2 aliphatic heterocycles. The Balaban J connectivity index is 1.71. The largest absolute Gasteiger partial charge is 0.379 e. The van der Waals surface area contributed by atoms with Gasteiger partial charge in [-0.2, -0.15) is 16.1 Å². The average Bonchev–Trinajstić information content (AvgIpc) is 3.16. The van der Waals surface area contributed by atoms with Gasteiger partial charge in [-0.3, -0.25) is 14.5 Å². The van der Waals surface area contributed by atoms with Crippen molar-refractivity contribution < 1.29 is 22.7 Å². The highest BCUT2D eigenvalue weighted by Gasteiger charge is 2.38. The first-order valence-corrected chi connectivity index (χ1v) is 13.3. The van der Waals surface area contributed by atoms with Crippen LogP contribution < -0.4 is 10.2 Å². The maximum atomic E-state index is 13.0. The van der Waals surface area contributed by atoms with Crippen molar-refractivity contribution in [1.29, 1.82) is 0 Å². The van der Waals surface area contributed by atoms with E-state index in [-0.39, 0.29) is 16.7 Å². The summed E-state index contributed by atoms with van der Waals surface area (Å²) in [5, 5.41) is 2.93. The van der Waals surface area contributed by atoms with Crippen LogP contribution in [-0.4, -0.2) is 74.9 Å². The molecule has 1 aromatic carbocycles. The number of hydrogen-bond acceptors (Lipinski definition) is 6. The van der Waals surface area contributed by atoms with Gasteiger partial charge in [0.15, 0.2) is 0 Å². The molecule has 10 heteroatoms. The number of nitrogens with zero attached hydrogens (tertiary/aromatic N) is 2. The van der Waals surface area contributed by atoms with Crippen molar-refractivity contribution in [2.75, 3.05) is 49.3 Å². The van der Waals surface area contributed by atoms with Gasteiger partial charge in [0.05, 0.1) is 18.1 Å². The molecule has 0 saturated carbocycles. The number of hydrogen-bond donors (Lipinski definition) is 1. The van der Waals surface area contributed by atoms with Gasteiger partial charge in [-0.05, 0) is 48.1 Å². The molecule has 2 heterocycles. The molecule has 1 N–H and O–H groups in total. The topological polar surface area (TPSA) is 96.0 Å². The van der Waals surface area contributed by atoms with Gasteiger partial charge in [0, 0.05) is 38.7 Å². The van der Waals surface area contributed by atoms with E-state index in [1.807, 2.05) is 11.8 Å². The first-order valence-electron chi connectivity index (χ1n) is 10.7. The minimum atomic E-state index is -3.64. The second kappa shape index (κ2) is 10.8. The first kappa shape index (κ1) is 24.0. The van der Waals surface area contributed by atoms with Crippen LogP contribution in [0.1, 0.15) is 32.3 Å². The lowest BCUT2D eigenvalue weighted by atomic mass is 10.1. The molecule has 0 spiro atoms. The Kier molecular flexibility index (Phi) is 8.37. The Morgan fingerprint density at radius 3 is 2.65 bits per heavy atom. The first-order chi connectivity index (χ1) is 14.9. The third-order valence-electron chi connectivity index (χ3n) is 5.40. The SMILES string of the molecule is CCCSCCCNC(=O)[C@H]1Cc2cc(S(=O)(=O)N3CCOCC3)ccc2N1C(C)=O. The fourth-order valence-electron chi connectivity index (χ4n) is 3.87. The number of thioether (sulfide) groups is 1. The van der Waals surface area contributed by atoms with Crippen molar-refractivity contribution >= 4 is 39.3 Å². The number of carbonyl (C=O) groups excluding carboxylic acids is 2. The summed E-state index contributed by atoms with van der Waals surface area (Å²) in [6, 6.07) is 4.10. The predicted octanol–water partition coefficient (Wildman–Crippen LogP) is 1.63. The van der Waals surface area contributed by atoms with Crippen molar-refractivity contribution in [3.05, 3.63) is 23.8 Å². The number of amides is 2. The van der Waals surface area contributed by atoms with Gasteiger partial charge in [-0.25, -0.2) is 8.42 Å². The lowest BCUT2D eigenvalue weighted by Gasteiger charge is -2.26. The molecule has 0 unspecified atom stereocenters. The Morgan fingerprint density at radius 2 is 1.97 bits per heavy atom. The van der Waals surface area contributed by atoms with Crippen LogP contribution >= 0.6 is 11.8 Å². The molecule has 2 amide bonds. The van der Waals surface area contributed by atoms with Crippen molar-refractivity contribution in [3.63, 3.8) is 0 Å². The van der Waals surface area contributed by atoms with Gasteiger partial charge in [-0.15, -0.1) is 0 Å². The summed E-state index contributed by atoms with van der Waals surface area (Å²) in [4.78, 5) is 26.8. The Bertz CT molecular complexity index is 900. The summed E-state index contributed by atoms with van der Waals surface area (Å²) in [6.07, 6.45) is 2.31. The van der Waals surface area contributed by atoms with E-state index < -0.39 is 16.1 Å². The van der Waals surface area contributed by atoms with Gasteiger partial charge in [0.1, 0.15) is 6.04 Å². The predicted molar refractivity (Wildman–Crippen MR) is 122 cm³/mol. The minimum Gasteiger partial charge on any atom is -0.379 e. The zero-order chi connectivity index (χ0) is 22.4. The summed E-state index contributed by atoms with van der Waals surface area (Å²) >= 11 is 1.86. The van der Waals surface area contributed by atoms with Gasteiger partial charge in [-0.1, -0.05) is 6.92 Å². The van der Waals surface area contributed by atoms with E-state index in [4.69, 9.17) is 4.74 Å².